The molecule has 23 heavy (non-hydrogen) atoms. The molecule has 1 N–H and O–H groups in total. The van der Waals surface area contributed by atoms with Gasteiger partial charge in [-0.25, -0.2) is 4.79 Å². The van der Waals surface area contributed by atoms with E-state index >= 15 is 0 Å². The van der Waals surface area contributed by atoms with Crippen molar-refractivity contribution in [3.05, 3.63) is 29.8 Å². The van der Waals surface area contributed by atoms with Gasteiger partial charge in [0.15, 0.2) is 0 Å². The lowest BCUT2D eigenvalue weighted by Gasteiger charge is -2.33. The molecule has 1 aliphatic heterocycles. The zero-order chi connectivity index (χ0) is 16.7. The minimum atomic E-state index is -0.940. The van der Waals surface area contributed by atoms with E-state index in [1.807, 2.05) is 0 Å². The number of piperidine rings is 1. The van der Waals surface area contributed by atoms with Gasteiger partial charge in [0.05, 0.1) is 6.61 Å². The molecule has 0 unspecified atom stereocenters. The lowest BCUT2D eigenvalue weighted by atomic mass is 10.0. The summed E-state index contributed by atoms with van der Waals surface area (Å²) in [5.74, 6) is -0.583. The Morgan fingerprint density at radius 2 is 2.13 bits per heavy atom. The third kappa shape index (κ3) is 4.69. The van der Waals surface area contributed by atoms with E-state index in [1.165, 1.54) is 4.90 Å². The van der Waals surface area contributed by atoms with E-state index in [-0.39, 0.29) is 5.91 Å². The number of benzene rings is 1. The second-order valence-corrected chi connectivity index (χ2v) is 5.57. The van der Waals surface area contributed by atoms with Crippen LogP contribution in [-0.4, -0.2) is 54.8 Å². The Morgan fingerprint density at radius 3 is 2.87 bits per heavy atom. The molecule has 0 aliphatic carbocycles. The number of hydrogen-bond acceptors (Lipinski definition) is 4. The topological polar surface area (TPSA) is 76.1 Å². The molecule has 0 spiro atoms. The van der Waals surface area contributed by atoms with E-state index in [0.717, 1.165) is 19.3 Å². The average molecular weight is 321 g/mol. The van der Waals surface area contributed by atoms with Gasteiger partial charge >= 0.3 is 5.97 Å². The molecule has 6 heteroatoms. The first kappa shape index (κ1) is 17.3. The van der Waals surface area contributed by atoms with Gasteiger partial charge in [0.25, 0.3) is 5.91 Å². The lowest BCUT2D eigenvalue weighted by Crippen LogP contribution is -2.47. The number of amides is 1. The number of carboxylic acids is 1. The van der Waals surface area contributed by atoms with Gasteiger partial charge in [-0.1, -0.05) is 6.07 Å². The molecule has 2 rings (SSSR count). The van der Waals surface area contributed by atoms with Crippen molar-refractivity contribution in [3.8, 4) is 5.75 Å². The van der Waals surface area contributed by atoms with E-state index in [1.54, 1.807) is 31.4 Å². The second kappa shape index (κ2) is 8.53. The molecular formula is C17H23NO5. The van der Waals surface area contributed by atoms with Crippen LogP contribution in [0.5, 0.6) is 5.75 Å². The summed E-state index contributed by atoms with van der Waals surface area (Å²) in [7, 11) is 1.64. The third-order valence-corrected chi connectivity index (χ3v) is 3.89. The highest BCUT2D eigenvalue weighted by Crippen LogP contribution is 2.22. The lowest BCUT2D eigenvalue weighted by molar-refractivity contribution is -0.143. The standard InChI is InChI=1S/C17H23NO5/c1-22-10-5-11-23-14-7-4-6-13(12-14)16(19)18-9-3-2-8-15(18)17(20)21/h4,6-7,12,15H,2-3,5,8-11H2,1H3,(H,20,21)/t15-/m1/s1. The van der Waals surface area contributed by atoms with E-state index in [2.05, 4.69) is 0 Å². The summed E-state index contributed by atoms with van der Waals surface area (Å²) in [6.07, 6.45) is 2.95. The fourth-order valence-electron chi connectivity index (χ4n) is 2.71. The number of carbonyl (C=O) groups is 2. The van der Waals surface area contributed by atoms with E-state index in [9.17, 15) is 14.7 Å². The maximum atomic E-state index is 12.6. The maximum Gasteiger partial charge on any atom is 0.326 e. The third-order valence-electron chi connectivity index (χ3n) is 3.89. The number of nitrogens with zero attached hydrogens (tertiary/aromatic N) is 1. The highest BCUT2D eigenvalue weighted by Gasteiger charge is 2.32. The van der Waals surface area contributed by atoms with Crippen LogP contribution in [0.15, 0.2) is 24.3 Å². The normalized spacial score (nSPS) is 17.8. The molecule has 0 radical (unpaired) electrons. The van der Waals surface area contributed by atoms with Crippen LogP contribution in [-0.2, 0) is 9.53 Å². The Hall–Kier alpha value is -2.08. The number of aliphatic carboxylic acids is 1. The van der Waals surface area contributed by atoms with E-state index < -0.39 is 12.0 Å². The summed E-state index contributed by atoms with van der Waals surface area (Å²) >= 11 is 0. The number of likely N-dealkylation sites (tertiary alicyclic amines) is 1. The Labute approximate surface area is 136 Å². The maximum absolute atomic E-state index is 12.6. The number of carbonyl (C=O) groups excluding carboxylic acids is 1. The predicted molar refractivity (Wildman–Crippen MR) is 84.7 cm³/mol. The minimum absolute atomic E-state index is 0.251. The van der Waals surface area contributed by atoms with Crippen molar-refractivity contribution in [2.45, 2.75) is 31.7 Å². The highest BCUT2D eigenvalue weighted by atomic mass is 16.5. The molecule has 0 saturated carbocycles. The van der Waals surface area contributed by atoms with Gasteiger partial charge in [0, 0.05) is 32.2 Å². The van der Waals surface area contributed by atoms with Crippen molar-refractivity contribution in [3.63, 3.8) is 0 Å². The van der Waals surface area contributed by atoms with Crippen LogP contribution in [0.1, 0.15) is 36.0 Å². The molecule has 1 aromatic rings. The first-order valence-electron chi connectivity index (χ1n) is 7.89. The quantitative estimate of drug-likeness (QED) is 0.779. The Morgan fingerprint density at radius 1 is 1.30 bits per heavy atom. The van der Waals surface area contributed by atoms with Crippen LogP contribution >= 0.6 is 0 Å². The summed E-state index contributed by atoms with van der Waals surface area (Å²) in [4.78, 5) is 25.4. The Bertz CT molecular complexity index is 546. The summed E-state index contributed by atoms with van der Waals surface area (Å²) < 4.78 is 10.6. The van der Waals surface area contributed by atoms with Gasteiger partial charge in [-0.2, -0.15) is 0 Å². The summed E-state index contributed by atoms with van der Waals surface area (Å²) in [6, 6.07) is 6.16. The Kier molecular flexibility index (Phi) is 6.40. The highest BCUT2D eigenvalue weighted by molar-refractivity contribution is 5.97. The number of methoxy groups -OCH3 is 1. The molecule has 1 amide bonds. The molecule has 0 bridgehead atoms. The molecular weight excluding hydrogens is 298 g/mol. The van der Waals surface area contributed by atoms with Crippen LogP contribution in [0.25, 0.3) is 0 Å². The van der Waals surface area contributed by atoms with Crippen molar-refractivity contribution in [2.24, 2.45) is 0 Å². The molecule has 0 aromatic heterocycles. The van der Waals surface area contributed by atoms with Crippen molar-refractivity contribution in [1.29, 1.82) is 0 Å². The minimum Gasteiger partial charge on any atom is -0.493 e. The smallest absolute Gasteiger partial charge is 0.326 e. The molecule has 1 heterocycles. The van der Waals surface area contributed by atoms with Crippen LogP contribution in [0.3, 0.4) is 0 Å². The molecule has 1 fully saturated rings. The van der Waals surface area contributed by atoms with E-state index in [4.69, 9.17) is 9.47 Å². The van der Waals surface area contributed by atoms with Gasteiger partial charge in [0.2, 0.25) is 0 Å². The van der Waals surface area contributed by atoms with Crippen molar-refractivity contribution in [1.82, 2.24) is 4.90 Å². The summed E-state index contributed by atoms with van der Waals surface area (Å²) in [5.41, 5.74) is 0.461. The fourth-order valence-corrected chi connectivity index (χ4v) is 2.71. The van der Waals surface area contributed by atoms with E-state index in [0.29, 0.717) is 37.5 Å². The van der Waals surface area contributed by atoms with Gasteiger partial charge in [-0.3, -0.25) is 4.79 Å². The molecule has 126 valence electrons. The number of hydrogen-bond donors (Lipinski definition) is 1. The van der Waals surface area contributed by atoms with Crippen molar-refractivity contribution < 1.29 is 24.2 Å². The number of ether oxygens (including phenoxy) is 2. The molecule has 1 saturated heterocycles. The zero-order valence-corrected chi connectivity index (χ0v) is 13.4. The predicted octanol–water partition coefficient (Wildman–Crippen LogP) is 2.18. The first-order chi connectivity index (χ1) is 11.1. The summed E-state index contributed by atoms with van der Waals surface area (Å²) in [6.45, 7) is 1.61. The zero-order valence-electron chi connectivity index (χ0n) is 13.4. The number of rotatable bonds is 7. The number of carboxylic acid groups (broad SMARTS) is 1. The van der Waals surface area contributed by atoms with Crippen LogP contribution in [0.4, 0.5) is 0 Å². The Balaban J connectivity index is 2.04. The van der Waals surface area contributed by atoms with Crippen LogP contribution in [0.2, 0.25) is 0 Å². The molecule has 1 aromatic carbocycles. The van der Waals surface area contributed by atoms with Crippen molar-refractivity contribution in [2.75, 3.05) is 26.9 Å². The van der Waals surface area contributed by atoms with Crippen molar-refractivity contribution >= 4 is 11.9 Å². The van der Waals surface area contributed by atoms with Crippen LogP contribution in [0, 0.1) is 0 Å². The van der Waals surface area contributed by atoms with Gasteiger partial charge in [-0.05, 0) is 37.5 Å². The van der Waals surface area contributed by atoms with Gasteiger partial charge in [0.1, 0.15) is 11.8 Å². The molecule has 6 nitrogen and oxygen atoms in total. The fraction of sp³-hybridized carbons (Fsp3) is 0.529. The monoisotopic (exact) mass is 321 g/mol. The average Bonchev–Trinajstić information content (AvgIpc) is 2.58. The first-order valence-corrected chi connectivity index (χ1v) is 7.89. The second-order valence-electron chi connectivity index (χ2n) is 5.57. The molecule has 1 atom stereocenters. The largest absolute Gasteiger partial charge is 0.493 e. The SMILES string of the molecule is COCCCOc1cccc(C(=O)N2CCCC[C@@H]2C(=O)O)c1. The van der Waals surface area contributed by atoms with Crippen LogP contribution < -0.4 is 4.74 Å². The summed E-state index contributed by atoms with van der Waals surface area (Å²) in [5, 5.41) is 9.30. The van der Waals surface area contributed by atoms with Gasteiger partial charge < -0.3 is 19.5 Å². The molecule has 1 aliphatic rings. The van der Waals surface area contributed by atoms with Gasteiger partial charge in [-0.15, -0.1) is 0 Å².